The first-order valence-electron chi connectivity index (χ1n) is 8.12. The van der Waals surface area contributed by atoms with E-state index < -0.39 is 6.03 Å². The maximum absolute atomic E-state index is 12.1. The van der Waals surface area contributed by atoms with Gasteiger partial charge >= 0.3 is 6.03 Å². The number of fused-ring (bicyclic) bond motifs is 1. The van der Waals surface area contributed by atoms with Gasteiger partial charge in [-0.15, -0.1) is 0 Å². The molecule has 4 rings (SSSR count). The number of hydrogen-bond acceptors (Lipinski definition) is 5. The SMILES string of the molecule is COc1cc(-c2ncc(N3CCC(=O)NC3=O)n2C)cc2c1CNC2. The quantitative estimate of drug-likeness (QED) is 0.874. The summed E-state index contributed by atoms with van der Waals surface area (Å²) in [7, 11) is 3.52. The fourth-order valence-electron chi connectivity index (χ4n) is 3.40. The number of rotatable bonds is 3. The molecule has 2 aliphatic rings. The Balaban J connectivity index is 1.72. The van der Waals surface area contributed by atoms with Crippen LogP contribution in [0.1, 0.15) is 17.5 Å². The van der Waals surface area contributed by atoms with E-state index in [0.717, 1.165) is 30.2 Å². The van der Waals surface area contributed by atoms with Crippen LogP contribution >= 0.6 is 0 Å². The number of carbonyl (C=O) groups is 2. The second kappa shape index (κ2) is 5.89. The van der Waals surface area contributed by atoms with Crippen molar-refractivity contribution < 1.29 is 14.3 Å². The number of imide groups is 1. The number of carbonyl (C=O) groups excluding carboxylic acids is 2. The molecule has 0 radical (unpaired) electrons. The number of nitrogens with one attached hydrogen (secondary N) is 2. The standard InChI is InChI=1S/C17H19N5O3/c1-21-15(22-4-3-14(23)20-17(22)24)9-19-16(21)10-5-11-7-18-8-12(11)13(6-10)25-2/h5-6,9,18H,3-4,7-8H2,1-2H3,(H,20,23,24). The summed E-state index contributed by atoms with van der Waals surface area (Å²) in [6.07, 6.45) is 1.94. The zero-order chi connectivity index (χ0) is 17.6. The Morgan fingerprint density at radius 2 is 2.08 bits per heavy atom. The summed E-state index contributed by atoms with van der Waals surface area (Å²) in [5.41, 5.74) is 3.30. The molecule has 1 aromatic carbocycles. The number of imidazole rings is 1. The number of urea groups is 1. The molecule has 0 saturated carbocycles. The smallest absolute Gasteiger partial charge is 0.329 e. The lowest BCUT2D eigenvalue weighted by Gasteiger charge is -2.26. The van der Waals surface area contributed by atoms with Crippen LogP contribution in [0.25, 0.3) is 11.4 Å². The van der Waals surface area contributed by atoms with Crippen molar-refractivity contribution >= 4 is 17.8 Å². The van der Waals surface area contributed by atoms with Gasteiger partial charge in [-0.3, -0.25) is 15.0 Å². The highest BCUT2D eigenvalue weighted by Crippen LogP contribution is 2.33. The molecule has 25 heavy (non-hydrogen) atoms. The molecule has 130 valence electrons. The zero-order valence-electron chi connectivity index (χ0n) is 14.1. The van der Waals surface area contributed by atoms with E-state index in [9.17, 15) is 9.59 Å². The molecule has 1 saturated heterocycles. The third-order valence-electron chi connectivity index (χ3n) is 4.69. The highest BCUT2D eigenvalue weighted by atomic mass is 16.5. The predicted molar refractivity (Wildman–Crippen MR) is 91.2 cm³/mol. The van der Waals surface area contributed by atoms with Crippen LogP contribution in [0.3, 0.4) is 0 Å². The van der Waals surface area contributed by atoms with Gasteiger partial charge in [0.25, 0.3) is 0 Å². The lowest BCUT2D eigenvalue weighted by Crippen LogP contribution is -2.50. The highest BCUT2D eigenvalue weighted by molar-refractivity contribution is 6.05. The topological polar surface area (TPSA) is 88.5 Å². The lowest BCUT2D eigenvalue weighted by atomic mass is 10.0. The molecule has 2 aliphatic heterocycles. The number of methoxy groups -OCH3 is 1. The average Bonchev–Trinajstić information content (AvgIpc) is 3.20. The Kier molecular flexibility index (Phi) is 3.69. The molecule has 0 unspecified atom stereocenters. The third-order valence-corrected chi connectivity index (χ3v) is 4.69. The largest absolute Gasteiger partial charge is 0.496 e. The predicted octanol–water partition coefficient (Wildman–Crippen LogP) is 1.15. The minimum absolute atomic E-state index is 0.250. The molecule has 2 N–H and O–H groups in total. The van der Waals surface area contributed by atoms with E-state index in [0.29, 0.717) is 12.4 Å². The fourth-order valence-corrected chi connectivity index (χ4v) is 3.40. The normalized spacial score (nSPS) is 16.8. The van der Waals surface area contributed by atoms with Gasteiger partial charge in [-0.2, -0.15) is 0 Å². The molecule has 0 spiro atoms. The summed E-state index contributed by atoms with van der Waals surface area (Å²) in [6.45, 7) is 1.95. The van der Waals surface area contributed by atoms with Crippen molar-refractivity contribution in [3.05, 3.63) is 29.5 Å². The molecule has 1 fully saturated rings. The Labute approximate surface area is 144 Å². The number of ether oxygens (including phenoxy) is 1. The molecule has 8 heteroatoms. The van der Waals surface area contributed by atoms with Crippen LogP contribution < -0.4 is 20.3 Å². The Hall–Kier alpha value is -2.87. The van der Waals surface area contributed by atoms with Crippen LogP contribution in [0, 0.1) is 0 Å². The van der Waals surface area contributed by atoms with Crippen molar-refractivity contribution in [1.82, 2.24) is 20.2 Å². The number of nitrogens with zero attached hydrogens (tertiary/aromatic N) is 3. The average molecular weight is 341 g/mol. The second-order valence-corrected chi connectivity index (χ2v) is 6.17. The maximum atomic E-state index is 12.1. The number of amides is 3. The van der Waals surface area contributed by atoms with Gasteiger partial charge in [-0.05, 0) is 17.7 Å². The monoisotopic (exact) mass is 341 g/mol. The fraction of sp³-hybridized carbons (Fsp3) is 0.353. The maximum Gasteiger partial charge on any atom is 0.329 e. The van der Waals surface area contributed by atoms with Crippen LogP contribution in [0.2, 0.25) is 0 Å². The molecule has 3 amide bonds. The van der Waals surface area contributed by atoms with Crippen LogP contribution in [0.15, 0.2) is 18.3 Å². The summed E-state index contributed by atoms with van der Waals surface area (Å²) >= 11 is 0. The van der Waals surface area contributed by atoms with Gasteiger partial charge in [0.15, 0.2) is 0 Å². The Morgan fingerprint density at radius 1 is 1.24 bits per heavy atom. The molecule has 0 atom stereocenters. The molecule has 2 aromatic rings. The third kappa shape index (κ3) is 2.54. The van der Waals surface area contributed by atoms with Crippen LogP contribution in [0.5, 0.6) is 5.75 Å². The zero-order valence-corrected chi connectivity index (χ0v) is 14.1. The summed E-state index contributed by atoms with van der Waals surface area (Å²) in [4.78, 5) is 29.4. The molecule has 0 bridgehead atoms. The summed E-state index contributed by atoms with van der Waals surface area (Å²) in [5, 5.41) is 5.66. The van der Waals surface area contributed by atoms with Crippen molar-refractivity contribution in [3.8, 4) is 17.1 Å². The first kappa shape index (κ1) is 15.6. The van der Waals surface area contributed by atoms with E-state index >= 15 is 0 Å². The van der Waals surface area contributed by atoms with Crippen LogP contribution in [0.4, 0.5) is 10.6 Å². The number of anilines is 1. The first-order valence-corrected chi connectivity index (χ1v) is 8.12. The Morgan fingerprint density at radius 3 is 2.84 bits per heavy atom. The number of benzene rings is 1. The van der Waals surface area contributed by atoms with E-state index in [1.54, 1.807) is 13.3 Å². The van der Waals surface area contributed by atoms with Gasteiger partial charge in [0.1, 0.15) is 17.4 Å². The van der Waals surface area contributed by atoms with Crippen LogP contribution in [-0.2, 0) is 24.9 Å². The van der Waals surface area contributed by atoms with Crippen molar-refractivity contribution in [1.29, 1.82) is 0 Å². The van der Waals surface area contributed by atoms with Gasteiger partial charge in [-0.1, -0.05) is 0 Å². The molecular weight excluding hydrogens is 322 g/mol. The molecule has 3 heterocycles. The van der Waals surface area contributed by atoms with Gasteiger partial charge in [-0.25, -0.2) is 9.78 Å². The Bertz CT molecular complexity index is 873. The van der Waals surface area contributed by atoms with E-state index in [-0.39, 0.29) is 12.3 Å². The molecule has 8 nitrogen and oxygen atoms in total. The molecule has 0 aliphatic carbocycles. The number of hydrogen-bond donors (Lipinski definition) is 2. The second-order valence-electron chi connectivity index (χ2n) is 6.17. The van der Waals surface area contributed by atoms with Crippen molar-refractivity contribution in [2.75, 3.05) is 18.6 Å². The summed E-state index contributed by atoms with van der Waals surface area (Å²) in [5.74, 6) is 1.98. The van der Waals surface area contributed by atoms with Crippen molar-refractivity contribution in [3.63, 3.8) is 0 Å². The lowest BCUT2D eigenvalue weighted by molar-refractivity contribution is -0.120. The van der Waals surface area contributed by atoms with E-state index in [1.807, 2.05) is 17.7 Å². The van der Waals surface area contributed by atoms with Crippen molar-refractivity contribution in [2.24, 2.45) is 7.05 Å². The minimum atomic E-state index is -0.415. The van der Waals surface area contributed by atoms with Gasteiger partial charge < -0.3 is 14.6 Å². The van der Waals surface area contributed by atoms with Crippen LogP contribution in [-0.4, -0.2) is 35.1 Å². The molecule has 1 aromatic heterocycles. The van der Waals surface area contributed by atoms with E-state index in [1.165, 1.54) is 16.0 Å². The van der Waals surface area contributed by atoms with Gasteiger partial charge in [0.2, 0.25) is 5.91 Å². The highest BCUT2D eigenvalue weighted by Gasteiger charge is 2.27. The van der Waals surface area contributed by atoms with Crippen molar-refractivity contribution in [2.45, 2.75) is 19.5 Å². The van der Waals surface area contributed by atoms with E-state index in [2.05, 4.69) is 21.7 Å². The summed E-state index contributed by atoms with van der Waals surface area (Å²) in [6, 6.07) is 3.66. The molecular formula is C17H19N5O3. The summed E-state index contributed by atoms with van der Waals surface area (Å²) < 4.78 is 7.38. The number of aromatic nitrogens is 2. The van der Waals surface area contributed by atoms with Gasteiger partial charge in [0.05, 0.1) is 13.3 Å². The first-order chi connectivity index (χ1) is 12.1. The van der Waals surface area contributed by atoms with E-state index in [4.69, 9.17) is 4.74 Å². The van der Waals surface area contributed by atoms with Gasteiger partial charge in [0, 0.05) is 44.2 Å². The minimum Gasteiger partial charge on any atom is -0.496 e.